The van der Waals surface area contributed by atoms with Gasteiger partial charge in [-0.25, -0.2) is 9.13 Å². The van der Waals surface area contributed by atoms with Gasteiger partial charge in [-0.1, -0.05) is 402 Å². The van der Waals surface area contributed by atoms with Gasteiger partial charge in [0.15, 0.2) is 12.2 Å². The van der Waals surface area contributed by atoms with Crippen LogP contribution in [-0.2, 0) is 65.4 Å². The van der Waals surface area contributed by atoms with Crippen LogP contribution in [0.15, 0.2) is 0 Å². The maximum Gasteiger partial charge on any atom is 0.472 e. The van der Waals surface area contributed by atoms with Crippen LogP contribution >= 0.6 is 15.6 Å². The third-order valence-electron chi connectivity index (χ3n) is 21.0. The molecular formula is C87H170O17P2. The Hall–Kier alpha value is -1.94. The zero-order chi connectivity index (χ0) is 78.1. The highest BCUT2D eigenvalue weighted by molar-refractivity contribution is 7.47. The molecule has 0 aliphatic rings. The first kappa shape index (κ1) is 104. The van der Waals surface area contributed by atoms with Gasteiger partial charge in [0.25, 0.3) is 0 Å². The van der Waals surface area contributed by atoms with E-state index in [9.17, 15) is 43.2 Å². The first-order valence-corrected chi connectivity index (χ1v) is 47.8. The maximum absolute atomic E-state index is 13.1. The molecule has 0 aromatic carbocycles. The topological polar surface area (TPSA) is 237 Å². The number of rotatable bonds is 84. The van der Waals surface area contributed by atoms with Gasteiger partial charge in [-0.2, -0.15) is 0 Å². The van der Waals surface area contributed by atoms with E-state index in [1.807, 2.05) is 0 Å². The third kappa shape index (κ3) is 77.4. The summed E-state index contributed by atoms with van der Waals surface area (Å²) in [5.74, 6) is 1.09. The Morgan fingerprint density at radius 1 is 0.264 bits per heavy atom. The minimum atomic E-state index is -4.97. The number of hydrogen-bond donors (Lipinski definition) is 3. The van der Waals surface area contributed by atoms with E-state index in [2.05, 4.69) is 55.4 Å². The van der Waals surface area contributed by atoms with Crippen molar-refractivity contribution >= 4 is 39.5 Å². The van der Waals surface area contributed by atoms with Crippen LogP contribution < -0.4 is 0 Å². The van der Waals surface area contributed by atoms with Crippen molar-refractivity contribution in [2.24, 2.45) is 23.7 Å². The standard InChI is InChI=1S/C87H170O17P2/c1-9-79(7)65-57-49-40-34-28-22-15-13-11-12-14-16-25-31-37-43-53-61-69-86(91)103-82(73-97-84(89)67-59-51-42-36-30-24-19-17-21-27-33-39-47-55-63-77(3)4)75-101-105(93,94)99-71-81(88)72-100-106(95,96)102-76-83(74-98-85(90)68-60-52-46-45-48-56-64-78(5)6)104-87(92)70-62-54-44-38-32-26-20-18-23-29-35-41-50-58-66-80(8)10-2/h77-83,88H,9-76H2,1-8H3,(H,93,94)(H,95,96)/t79?,80?,81-,82-,83-/m1/s1. The second-order valence-electron chi connectivity index (χ2n) is 32.7. The van der Waals surface area contributed by atoms with Gasteiger partial charge in [0.05, 0.1) is 26.4 Å². The number of aliphatic hydroxyl groups is 1. The normalized spacial score (nSPS) is 14.4. The molecule has 17 nitrogen and oxygen atoms in total. The number of carbonyl (C=O) groups excluding carboxylic acids is 4. The fourth-order valence-corrected chi connectivity index (χ4v) is 15.0. The van der Waals surface area contributed by atoms with E-state index < -0.39 is 97.5 Å². The van der Waals surface area contributed by atoms with Gasteiger partial charge < -0.3 is 33.8 Å². The number of phosphoric acid groups is 2. The number of carbonyl (C=O) groups is 4. The Labute approximate surface area is 651 Å². The highest BCUT2D eigenvalue weighted by Crippen LogP contribution is 2.45. The molecule has 7 atom stereocenters. The molecule has 0 saturated carbocycles. The maximum atomic E-state index is 13.1. The monoisotopic (exact) mass is 1550 g/mol. The Bertz CT molecular complexity index is 2060. The number of esters is 4. The molecular weight excluding hydrogens is 1380 g/mol. The van der Waals surface area contributed by atoms with Crippen molar-refractivity contribution in [3.05, 3.63) is 0 Å². The van der Waals surface area contributed by atoms with Crippen LogP contribution in [0.1, 0.15) is 453 Å². The van der Waals surface area contributed by atoms with Gasteiger partial charge in [0.2, 0.25) is 0 Å². The van der Waals surface area contributed by atoms with Crippen molar-refractivity contribution < 1.29 is 80.2 Å². The predicted octanol–water partition coefficient (Wildman–Crippen LogP) is 26.3. The molecule has 0 fully saturated rings. The van der Waals surface area contributed by atoms with Gasteiger partial charge in [0.1, 0.15) is 19.3 Å². The van der Waals surface area contributed by atoms with Crippen LogP contribution in [0.25, 0.3) is 0 Å². The zero-order valence-corrected chi connectivity index (χ0v) is 71.9. The van der Waals surface area contributed by atoms with Crippen molar-refractivity contribution in [2.75, 3.05) is 39.6 Å². The van der Waals surface area contributed by atoms with E-state index in [-0.39, 0.29) is 25.7 Å². The smallest absolute Gasteiger partial charge is 0.462 e. The molecule has 19 heteroatoms. The summed E-state index contributed by atoms with van der Waals surface area (Å²) in [6, 6.07) is 0. The highest BCUT2D eigenvalue weighted by atomic mass is 31.2. The summed E-state index contributed by atoms with van der Waals surface area (Å²) >= 11 is 0. The molecule has 0 amide bonds. The summed E-state index contributed by atoms with van der Waals surface area (Å²) in [4.78, 5) is 73.2. The minimum Gasteiger partial charge on any atom is -0.462 e. The first-order valence-electron chi connectivity index (χ1n) is 44.8. The average molecular weight is 1550 g/mol. The molecule has 106 heavy (non-hydrogen) atoms. The van der Waals surface area contributed by atoms with Gasteiger partial charge in [0, 0.05) is 25.7 Å². The van der Waals surface area contributed by atoms with E-state index in [0.29, 0.717) is 31.6 Å². The molecule has 630 valence electrons. The molecule has 0 aromatic heterocycles. The molecule has 0 saturated heterocycles. The molecule has 0 heterocycles. The number of hydrogen-bond acceptors (Lipinski definition) is 15. The molecule has 0 aliphatic heterocycles. The molecule has 0 rings (SSSR count). The van der Waals surface area contributed by atoms with E-state index >= 15 is 0 Å². The summed E-state index contributed by atoms with van der Waals surface area (Å²) in [5.41, 5.74) is 0. The lowest BCUT2D eigenvalue weighted by Crippen LogP contribution is -2.30. The van der Waals surface area contributed by atoms with Crippen LogP contribution in [0.4, 0.5) is 0 Å². The van der Waals surface area contributed by atoms with Gasteiger partial charge in [-0.3, -0.25) is 37.3 Å². The Morgan fingerprint density at radius 3 is 0.670 bits per heavy atom. The number of aliphatic hydroxyl groups excluding tert-OH is 1. The minimum absolute atomic E-state index is 0.106. The average Bonchev–Trinajstić information content (AvgIpc) is 0.956. The Balaban J connectivity index is 5.21. The molecule has 0 bridgehead atoms. The van der Waals surface area contributed by atoms with Crippen LogP contribution in [-0.4, -0.2) is 96.7 Å². The first-order chi connectivity index (χ1) is 51.2. The lowest BCUT2D eigenvalue weighted by atomic mass is 9.99. The molecule has 0 spiro atoms. The van der Waals surface area contributed by atoms with Gasteiger partial charge in [-0.15, -0.1) is 0 Å². The lowest BCUT2D eigenvalue weighted by molar-refractivity contribution is -0.161. The van der Waals surface area contributed by atoms with Crippen molar-refractivity contribution in [1.82, 2.24) is 0 Å². The second-order valence-corrected chi connectivity index (χ2v) is 35.6. The van der Waals surface area contributed by atoms with Crippen molar-refractivity contribution in [3.8, 4) is 0 Å². The number of unbranched alkanes of at least 4 members (excludes halogenated alkanes) is 48. The van der Waals surface area contributed by atoms with Gasteiger partial charge in [-0.05, 0) is 49.4 Å². The van der Waals surface area contributed by atoms with Crippen LogP contribution in [0.2, 0.25) is 0 Å². The number of ether oxygens (including phenoxy) is 4. The van der Waals surface area contributed by atoms with Crippen molar-refractivity contribution in [1.29, 1.82) is 0 Å². The quantitative estimate of drug-likeness (QED) is 0.0222. The second kappa shape index (κ2) is 75.7. The zero-order valence-electron chi connectivity index (χ0n) is 70.1. The summed E-state index contributed by atoms with van der Waals surface area (Å²) in [5, 5.41) is 10.7. The van der Waals surface area contributed by atoms with Crippen LogP contribution in [0, 0.1) is 23.7 Å². The fraction of sp³-hybridized carbons (Fsp3) is 0.954. The predicted molar refractivity (Wildman–Crippen MR) is 437 cm³/mol. The molecule has 4 unspecified atom stereocenters. The Kier molecular flexibility index (Phi) is 74.3. The third-order valence-corrected chi connectivity index (χ3v) is 22.9. The van der Waals surface area contributed by atoms with Crippen molar-refractivity contribution in [3.63, 3.8) is 0 Å². The summed E-state index contributed by atoms with van der Waals surface area (Å²) in [7, 11) is -9.93. The number of phosphoric ester groups is 2. The fourth-order valence-electron chi connectivity index (χ4n) is 13.4. The van der Waals surface area contributed by atoms with Gasteiger partial charge >= 0.3 is 39.5 Å². The van der Waals surface area contributed by atoms with E-state index in [1.165, 1.54) is 250 Å². The lowest BCUT2D eigenvalue weighted by Gasteiger charge is -2.21. The molecule has 0 aliphatic carbocycles. The largest absolute Gasteiger partial charge is 0.472 e. The van der Waals surface area contributed by atoms with E-state index in [4.69, 9.17) is 37.0 Å². The van der Waals surface area contributed by atoms with E-state index in [1.54, 1.807) is 0 Å². The van der Waals surface area contributed by atoms with Crippen LogP contribution in [0.5, 0.6) is 0 Å². The molecule has 3 N–H and O–H groups in total. The summed E-state index contributed by atoms with van der Waals surface area (Å²) < 4.78 is 68.9. The summed E-state index contributed by atoms with van der Waals surface area (Å²) in [6.07, 6.45) is 65.4. The highest BCUT2D eigenvalue weighted by Gasteiger charge is 2.31. The molecule has 0 radical (unpaired) electrons. The Morgan fingerprint density at radius 2 is 0.453 bits per heavy atom. The SMILES string of the molecule is CCC(C)CCCCCCCCCCCCCCCCCCCCC(=O)O[C@H](COC(=O)CCCCCCCCCCCCCCCCC(C)C)COP(=O)(O)OC[C@@H](O)COP(=O)(O)OC[C@@H](COC(=O)CCCCCCCCC(C)C)OC(=O)CCCCCCCCCCCCCCCCC(C)CC. The van der Waals surface area contributed by atoms with Crippen LogP contribution in [0.3, 0.4) is 0 Å². The summed E-state index contributed by atoms with van der Waals surface area (Å²) in [6.45, 7) is 14.3. The van der Waals surface area contributed by atoms with Crippen molar-refractivity contribution in [2.45, 2.75) is 472 Å². The molecule has 0 aromatic rings. The van der Waals surface area contributed by atoms with E-state index in [0.717, 1.165) is 114 Å².